The van der Waals surface area contributed by atoms with Gasteiger partial charge in [-0.15, -0.1) is 13.1 Å². The molecular formula is C20H46AlN3. The van der Waals surface area contributed by atoms with Gasteiger partial charge >= 0.3 is 52.5 Å². The van der Waals surface area contributed by atoms with Crippen molar-refractivity contribution in [1.29, 1.82) is 0 Å². The van der Waals surface area contributed by atoms with E-state index in [9.17, 15) is 0 Å². The van der Waals surface area contributed by atoms with Crippen LogP contribution in [0, 0.1) is 0 Å². The van der Waals surface area contributed by atoms with Crippen LogP contribution in [0.5, 0.6) is 0 Å². The number of rotatable bonds is 14. The Morgan fingerprint density at radius 2 is 1.00 bits per heavy atom. The summed E-state index contributed by atoms with van der Waals surface area (Å²) < 4.78 is 0. The molecule has 3 nitrogen and oxygen atoms in total. The normalized spacial score (nSPS) is 13.4. The summed E-state index contributed by atoms with van der Waals surface area (Å²) in [5.41, 5.74) is 0. The van der Waals surface area contributed by atoms with Crippen molar-refractivity contribution in [3.05, 3.63) is 5.32 Å². The molecule has 2 unspecified atom stereocenters. The number of nitrogens with zero attached hydrogens (tertiary/aromatic N) is 3. The van der Waals surface area contributed by atoms with Crippen molar-refractivity contribution in [2.45, 2.75) is 90.9 Å². The van der Waals surface area contributed by atoms with Crippen molar-refractivity contribution < 1.29 is 0 Å². The van der Waals surface area contributed by atoms with E-state index in [-0.39, 0.29) is 0 Å². The third-order valence-electron chi connectivity index (χ3n) is 4.64. The SMILES string of the molecule is CCN(CC)C(C)C[N-]CC(C)N(CC)CC.CC[CH2][Al+][CH2]CC. The van der Waals surface area contributed by atoms with E-state index in [0.717, 1.165) is 54.5 Å². The summed E-state index contributed by atoms with van der Waals surface area (Å²) in [6.45, 7) is 24.4. The first-order chi connectivity index (χ1) is 11.5. The van der Waals surface area contributed by atoms with E-state index in [4.69, 9.17) is 5.32 Å². The van der Waals surface area contributed by atoms with Crippen LogP contribution in [-0.4, -0.2) is 76.4 Å². The minimum absolute atomic E-state index is 0.578. The molecule has 0 aromatic rings. The average molecular weight is 356 g/mol. The summed E-state index contributed by atoms with van der Waals surface area (Å²) in [7, 11) is 0. The summed E-state index contributed by atoms with van der Waals surface area (Å²) in [6, 6.07) is 1.16. The van der Waals surface area contributed by atoms with Crippen LogP contribution in [0.15, 0.2) is 0 Å². The number of likely N-dealkylation sites (N-methyl/N-ethyl adjacent to an activating group) is 2. The Morgan fingerprint density at radius 1 is 0.667 bits per heavy atom. The van der Waals surface area contributed by atoms with Gasteiger partial charge < -0.3 is 15.1 Å². The molecule has 0 amide bonds. The van der Waals surface area contributed by atoms with E-state index in [2.05, 4.69) is 65.2 Å². The topological polar surface area (TPSA) is 20.6 Å². The Bertz CT molecular complexity index is 209. The molecule has 0 rings (SSSR count). The van der Waals surface area contributed by atoms with Gasteiger partial charge in [-0.1, -0.05) is 41.5 Å². The predicted molar refractivity (Wildman–Crippen MR) is 114 cm³/mol. The minimum atomic E-state index is 0.578. The molecule has 0 fully saturated rings. The summed E-state index contributed by atoms with van der Waals surface area (Å²) >= 11 is 0.822. The van der Waals surface area contributed by atoms with Gasteiger partial charge in [-0.25, -0.2) is 0 Å². The third kappa shape index (κ3) is 14.7. The first kappa shape index (κ1) is 26.6. The van der Waals surface area contributed by atoms with Crippen LogP contribution in [0.25, 0.3) is 5.32 Å². The fourth-order valence-corrected chi connectivity index (χ4v) is 4.03. The van der Waals surface area contributed by atoms with Crippen LogP contribution in [0.3, 0.4) is 0 Å². The quantitative estimate of drug-likeness (QED) is 0.316. The standard InChI is InChI=1S/C14H32N3.2C3H7.Al/c1-7-16(8-2)13(5)11-15-12-14(6)17(9-3)10-4;2*1-3-2;/h13-14H,7-12H2,1-6H3;2*1,3H2,2H3;/q-1;;;+1. The van der Waals surface area contributed by atoms with Gasteiger partial charge in [0, 0.05) is 0 Å². The second-order valence-corrected chi connectivity index (χ2v) is 8.33. The zero-order chi connectivity index (χ0) is 18.8. The van der Waals surface area contributed by atoms with E-state index in [1.807, 2.05) is 0 Å². The molecule has 0 saturated heterocycles. The van der Waals surface area contributed by atoms with Crippen LogP contribution in [0.1, 0.15) is 68.2 Å². The Morgan fingerprint density at radius 3 is 1.25 bits per heavy atom. The van der Waals surface area contributed by atoms with Crippen molar-refractivity contribution in [2.75, 3.05) is 39.3 Å². The van der Waals surface area contributed by atoms with E-state index in [1.54, 1.807) is 0 Å². The monoisotopic (exact) mass is 355 g/mol. The van der Waals surface area contributed by atoms with Gasteiger partial charge in [0.2, 0.25) is 0 Å². The van der Waals surface area contributed by atoms with Gasteiger partial charge in [0.25, 0.3) is 0 Å². The molecule has 0 spiro atoms. The van der Waals surface area contributed by atoms with Crippen LogP contribution in [0.2, 0.25) is 10.6 Å². The van der Waals surface area contributed by atoms with Crippen molar-refractivity contribution in [3.8, 4) is 0 Å². The Balaban J connectivity index is 0. The van der Waals surface area contributed by atoms with Crippen molar-refractivity contribution >= 4 is 15.2 Å². The number of hydrogen-bond acceptors (Lipinski definition) is 2. The Labute approximate surface area is 160 Å². The zero-order valence-electron chi connectivity index (χ0n) is 18.1. The summed E-state index contributed by atoms with van der Waals surface area (Å²) in [4.78, 5) is 4.93. The fraction of sp³-hybridized carbons (Fsp3) is 1.00. The number of hydrogen-bond donors (Lipinski definition) is 0. The molecule has 0 aliphatic heterocycles. The van der Waals surface area contributed by atoms with Gasteiger partial charge in [0.15, 0.2) is 0 Å². The maximum absolute atomic E-state index is 4.72. The van der Waals surface area contributed by atoms with E-state index >= 15 is 0 Å². The van der Waals surface area contributed by atoms with Gasteiger partial charge in [0.05, 0.1) is 0 Å². The molecular weight excluding hydrogens is 309 g/mol. The zero-order valence-corrected chi connectivity index (χ0v) is 19.3. The first-order valence-electron chi connectivity index (χ1n) is 10.4. The molecule has 0 bridgehead atoms. The van der Waals surface area contributed by atoms with Crippen molar-refractivity contribution in [2.24, 2.45) is 0 Å². The molecule has 0 aromatic carbocycles. The summed E-state index contributed by atoms with van der Waals surface area (Å²) in [5, 5.41) is 7.74. The van der Waals surface area contributed by atoms with Gasteiger partial charge in [0.1, 0.15) is 0 Å². The van der Waals surface area contributed by atoms with Crippen molar-refractivity contribution in [1.82, 2.24) is 9.80 Å². The molecule has 0 aliphatic rings. The molecule has 4 heteroatoms. The van der Waals surface area contributed by atoms with Crippen LogP contribution in [-0.2, 0) is 0 Å². The van der Waals surface area contributed by atoms with E-state index in [0.29, 0.717) is 12.1 Å². The molecule has 0 radical (unpaired) electrons. The third-order valence-corrected chi connectivity index (χ3v) is 6.61. The maximum atomic E-state index is 4.72. The molecule has 2 atom stereocenters. The van der Waals surface area contributed by atoms with Crippen molar-refractivity contribution in [3.63, 3.8) is 0 Å². The van der Waals surface area contributed by atoms with E-state index in [1.165, 1.54) is 23.4 Å². The molecule has 0 saturated carbocycles. The van der Waals surface area contributed by atoms with Crippen LogP contribution in [0.4, 0.5) is 0 Å². The molecule has 0 aliphatic carbocycles. The van der Waals surface area contributed by atoms with E-state index < -0.39 is 0 Å². The van der Waals surface area contributed by atoms with Crippen LogP contribution < -0.4 is 0 Å². The first-order valence-corrected chi connectivity index (χ1v) is 12.1. The summed E-state index contributed by atoms with van der Waals surface area (Å²) in [5.74, 6) is 0. The molecule has 144 valence electrons. The van der Waals surface area contributed by atoms with Gasteiger partial charge in [-0.05, 0) is 38.3 Å². The van der Waals surface area contributed by atoms with Crippen LogP contribution >= 0.6 is 0 Å². The predicted octanol–water partition coefficient (Wildman–Crippen LogP) is 5.17. The molecule has 0 heterocycles. The molecule has 0 N–H and O–H groups in total. The Hall–Kier alpha value is 0.412. The van der Waals surface area contributed by atoms with Gasteiger partial charge in [-0.3, -0.25) is 0 Å². The fourth-order valence-electron chi connectivity index (χ4n) is 2.93. The summed E-state index contributed by atoms with van der Waals surface area (Å²) in [6.07, 6.45) is 2.80. The second kappa shape index (κ2) is 19.7. The van der Waals surface area contributed by atoms with Gasteiger partial charge in [-0.2, -0.15) is 0 Å². The Kier molecular flexibility index (Phi) is 21.9. The molecule has 24 heavy (non-hydrogen) atoms. The average Bonchev–Trinajstić information content (AvgIpc) is 2.58. The second-order valence-electron chi connectivity index (χ2n) is 6.60. The molecule has 0 aromatic heterocycles.